The van der Waals surface area contributed by atoms with E-state index in [0.29, 0.717) is 12.1 Å². The molecule has 31 heavy (non-hydrogen) atoms. The van der Waals surface area contributed by atoms with Crippen LogP contribution in [-0.2, 0) is 24.1 Å². The molecule has 2 fully saturated rings. The molecule has 3 aromatic rings. The molecule has 1 aliphatic heterocycles. The maximum atomic E-state index is 5.52. The first-order chi connectivity index (χ1) is 15.3. The van der Waals surface area contributed by atoms with Gasteiger partial charge < -0.3 is 10.1 Å². The van der Waals surface area contributed by atoms with Crippen LogP contribution in [0.4, 0.5) is 5.82 Å². The highest BCUT2D eigenvalue weighted by molar-refractivity contribution is 7.19. The summed E-state index contributed by atoms with van der Waals surface area (Å²) in [6.07, 6.45) is 12.4. The van der Waals surface area contributed by atoms with Gasteiger partial charge in [0.15, 0.2) is 0 Å². The highest BCUT2D eigenvalue weighted by atomic mass is 32.1. The molecule has 2 aliphatic carbocycles. The van der Waals surface area contributed by atoms with Gasteiger partial charge >= 0.3 is 0 Å². The predicted octanol–water partition coefficient (Wildman–Crippen LogP) is 3.80. The number of nitrogens with one attached hydrogen (secondary N) is 1. The Morgan fingerprint density at radius 1 is 1.10 bits per heavy atom. The smallest absolute Gasteiger partial charge is 0.146 e. The van der Waals surface area contributed by atoms with Crippen molar-refractivity contribution in [3.05, 3.63) is 34.7 Å². The lowest BCUT2D eigenvalue weighted by molar-refractivity contribution is 0.0331. The van der Waals surface area contributed by atoms with Crippen molar-refractivity contribution in [2.24, 2.45) is 0 Å². The lowest BCUT2D eigenvalue weighted by Gasteiger charge is -2.33. The zero-order chi connectivity index (χ0) is 20.6. The molecule has 0 unspecified atom stereocenters. The van der Waals surface area contributed by atoms with E-state index in [1.165, 1.54) is 41.5 Å². The van der Waals surface area contributed by atoms with E-state index in [1.54, 1.807) is 0 Å². The maximum absolute atomic E-state index is 5.52. The lowest BCUT2D eigenvalue weighted by Crippen LogP contribution is -2.36. The molecule has 3 aliphatic rings. The van der Waals surface area contributed by atoms with Crippen molar-refractivity contribution in [3.8, 4) is 0 Å². The minimum absolute atomic E-state index is 0.347. The van der Waals surface area contributed by atoms with Gasteiger partial charge in [-0.2, -0.15) is 5.10 Å². The van der Waals surface area contributed by atoms with E-state index in [2.05, 4.69) is 26.2 Å². The van der Waals surface area contributed by atoms with Gasteiger partial charge in [-0.25, -0.2) is 9.97 Å². The fourth-order valence-corrected chi connectivity index (χ4v) is 6.70. The minimum Gasteiger partial charge on any atom is -0.379 e. The third-order valence-electron chi connectivity index (χ3n) is 7.00. The summed E-state index contributed by atoms with van der Waals surface area (Å²) in [4.78, 5) is 15.2. The average molecular weight is 439 g/mol. The molecule has 1 N–H and O–H groups in total. The van der Waals surface area contributed by atoms with E-state index in [9.17, 15) is 0 Å². The lowest BCUT2D eigenvalue weighted by atomic mass is 9.90. The van der Waals surface area contributed by atoms with E-state index in [4.69, 9.17) is 14.7 Å². The van der Waals surface area contributed by atoms with E-state index in [-0.39, 0.29) is 0 Å². The molecule has 0 spiro atoms. The fourth-order valence-electron chi connectivity index (χ4n) is 5.42. The number of hydrogen-bond donors (Lipinski definition) is 1. The molecule has 3 aromatic heterocycles. The van der Waals surface area contributed by atoms with E-state index < -0.39 is 0 Å². The molecule has 8 heteroatoms. The van der Waals surface area contributed by atoms with Crippen LogP contribution in [0, 0.1) is 0 Å². The molecule has 6 rings (SSSR count). The largest absolute Gasteiger partial charge is 0.379 e. The molecule has 1 saturated heterocycles. The quantitative estimate of drug-likeness (QED) is 0.653. The number of thiophene rings is 1. The number of nitrogens with zero attached hydrogens (tertiary/aromatic N) is 5. The Balaban J connectivity index is 1.35. The van der Waals surface area contributed by atoms with Crippen molar-refractivity contribution >= 4 is 27.4 Å². The minimum atomic E-state index is 0.347. The van der Waals surface area contributed by atoms with Gasteiger partial charge in [0, 0.05) is 36.4 Å². The van der Waals surface area contributed by atoms with Crippen LogP contribution in [0.1, 0.15) is 54.4 Å². The molecule has 1 saturated carbocycles. The summed E-state index contributed by atoms with van der Waals surface area (Å²) in [6.45, 7) is 4.30. The number of aromatic nitrogens is 4. The second-order valence-electron chi connectivity index (χ2n) is 9.00. The molecule has 0 aromatic carbocycles. The molecule has 164 valence electrons. The summed E-state index contributed by atoms with van der Waals surface area (Å²) in [6, 6.07) is 2.75. The SMILES string of the molecule is c1cnn([C@@H]2CCCC[C@@H]2Nc2nc(CN3CCOCC3)nc3sc4c(c23)CCC4)c1. The third kappa shape index (κ3) is 3.85. The van der Waals surface area contributed by atoms with Crippen molar-refractivity contribution in [2.75, 3.05) is 31.6 Å². The number of rotatable bonds is 5. The molecule has 4 heterocycles. The van der Waals surface area contributed by atoms with Crippen molar-refractivity contribution < 1.29 is 4.74 Å². The normalized spacial score (nSPS) is 24.5. The molecule has 0 radical (unpaired) electrons. The van der Waals surface area contributed by atoms with Crippen molar-refractivity contribution in [3.63, 3.8) is 0 Å². The molecule has 7 nitrogen and oxygen atoms in total. The fraction of sp³-hybridized carbons (Fsp3) is 0.609. The van der Waals surface area contributed by atoms with Crippen LogP contribution in [0.25, 0.3) is 10.2 Å². The van der Waals surface area contributed by atoms with Gasteiger partial charge in [0.05, 0.1) is 31.2 Å². The summed E-state index contributed by atoms with van der Waals surface area (Å²) >= 11 is 1.89. The van der Waals surface area contributed by atoms with Crippen LogP contribution < -0.4 is 5.32 Å². The van der Waals surface area contributed by atoms with Crippen molar-refractivity contribution in [1.82, 2.24) is 24.6 Å². The van der Waals surface area contributed by atoms with Gasteiger partial charge in [-0.05, 0) is 43.7 Å². The first-order valence-corrected chi connectivity index (χ1v) is 12.5. The Kier molecular flexibility index (Phi) is 5.37. The Morgan fingerprint density at radius 3 is 2.87 bits per heavy atom. The maximum Gasteiger partial charge on any atom is 0.146 e. The van der Waals surface area contributed by atoms with Gasteiger partial charge in [0.2, 0.25) is 0 Å². The Labute approximate surface area is 186 Å². The number of fused-ring (bicyclic) bond motifs is 3. The van der Waals surface area contributed by atoms with Crippen LogP contribution in [0.3, 0.4) is 0 Å². The van der Waals surface area contributed by atoms with Gasteiger partial charge in [-0.15, -0.1) is 11.3 Å². The van der Waals surface area contributed by atoms with E-state index >= 15 is 0 Å². The topological polar surface area (TPSA) is 68.1 Å². The monoisotopic (exact) mass is 438 g/mol. The van der Waals surface area contributed by atoms with Crippen molar-refractivity contribution in [2.45, 2.75) is 63.6 Å². The van der Waals surface area contributed by atoms with Gasteiger partial charge in [-0.1, -0.05) is 12.8 Å². The number of ether oxygens (including phenoxy) is 1. The first-order valence-electron chi connectivity index (χ1n) is 11.7. The number of aryl methyl sites for hydroxylation is 2. The average Bonchev–Trinajstić information content (AvgIpc) is 3.52. The van der Waals surface area contributed by atoms with E-state index in [0.717, 1.165) is 68.6 Å². The predicted molar refractivity (Wildman–Crippen MR) is 123 cm³/mol. The van der Waals surface area contributed by atoms with Gasteiger partial charge in [0.1, 0.15) is 16.5 Å². The Morgan fingerprint density at radius 2 is 2.00 bits per heavy atom. The summed E-state index contributed by atoms with van der Waals surface area (Å²) < 4.78 is 7.66. The second kappa shape index (κ2) is 8.48. The number of hydrogen-bond acceptors (Lipinski definition) is 7. The zero-order valence-electron chi connectivity index (χ0n) is 17.9. The van der Waals surface area contributed by atoms with Crippen LogP contribution in [-0.4, -0.2) is 57.0 Å². The molecule has 0 amide bonds. The Hall–Kier alpha value is -2.03. The van der Waals surface area contributed by atoms with Crippen LogP contribution >= 0.6 is 11.3 Å². The van der Waals surface area contributed by atoms with Crippen LogP contribution in [0.15, 0.2) is 18.5 Å². The summed E-state index contributed by atoms with van der Waals surface area (Å²) in [5, 5.41) is 9.76. The summed E-state index contributed by atoms with van der Waals surface area (Å²) in [7, 11) is 0. The standard InChI is InChI=1S/C23H30N6OS/c1-2-7-18(29-10-4-9-24-29)17(6-1)25-22-21-16-5-3-8-19(16)31-23(21)27-20(26-22)15-28-11-13-30-14-12-28/h4,9-10,17-18H,1-3,5-8,11-15H2,(H,25,26,27)/t17-,18+/m0/s1. The third-order valence-corrected chi connectivity index (χ3v) is 8.18. The zero-order valence-corrected chi connectivity index (χ0v) is 18.7. The van der Waals surface area contributed by atoms with Crippen LogP contribution in [0.2, 0.25) is 0 Å². The Bertz CT molecular complexity index is 1040. The van der Waals surface area contributed by atoms with Gasteiger partial charge in [-0.3, -0.25) is 9.58 Å². The van der Waals surface area contributed by atoms with Crippen molar-refractivity contribution in [1.29, 1.82) is 0 Å². The van der Waals surface area contributed by atoms with E-state index in [1.807, 2.05) is 23.6 Å². The first kappa shape index (κ1) is 19.6. The molecular weight excluding hydrogens is 408 g/mol. The van der Waals surface area contributed by atoms with Gasteiger partial charge in [0.25, 0.3) is 0 Å². The number of anilines is 1. The molecular formula is C23H30N6OS. The summed E-state index contributed by atoms with van der Waals surface area (Å²) in [5.74, 6) is 1.99. The highest BCUT2D eigenvalue weighted by Gasteiger charge is 2.30. The van der Waals surface area contributed by atoms with Crippen LogP contribution in [0.5, 0.6) is 0 Å². The number of morpholine rings is 1. The molecule has 2 atom stereocenters. The summed E-state index contributed by atoms with van der Waals surface area (Å²) in [5.41, 5.74) is 1.49. The second-order valence-corrected chi connectivity index (χ2v) is 10.1. The highest BCUT2D eigenvalue weighted by Crippen LogP contribution is 2.41. The molecule has 0 bridgehead atoms.